The molecule has 0 aliphatic carbocycles. The summed E-state index contributed by atoms with van der Waals surface area (Å²) in [6.45, 7) is 0. The molecule has 0 aliphatic heterocycles. The Morgan fingerprint density at radius 1 is 1.37 bits per heavy atom. The molecule has 9 heteroatoms. The zero-order valence-electron chi connectivity index (χ0n) is 8.99. The van der Waals surface area contributed by atoms with Crippen molar-refractivity contribution in [1.29, 1.82) is 0 Å². The number of carboxylic acids is 1. The third kappa shape index (κ3) is 3.05. The first-order valence-corrected chi connectivity index (χ1v) is 5.61. The van der Waals surface area contributed by atoms with Gasteiger partial charge < -0.3 is 10.1 Å². The third-order valence-electron chi connectivity index (χ3n) is 2.10. The number of carbonyl (C=O) groups is 1. The molecule has 100 valence electrons. The maximum Gasteiger partial charge on any atom is 0.446 e. The molecule has 0 unspecified atom stereocenters. The molecule has 0 saturated heterocycles. The first kappa shape index (κ1) is 13.4. The van der Waals surface area contributed by atoms with Crippen molar-refractivity contribution in [3.63, 3.8) is 0 Å². The summed E-state index contributed by atoms with van der Waals surface area (Å²) in [6, 6.07) is 3.46. The van der Waals surface area contributed by atoms with Crippen LogP contribution in [0.25, 0.3) is 11.0 Å². The van der Waals surface area contributed by atoms with E-state index in [1.807, 2.05) is 0 Å². The molecule has 0 saturated carbocycles. The van der Waals surface area contributed by atoms with Crippen molar-refractivity contribution in [1.82, 2.24) is 9.97 Å². The van der Waals surface area contributed by atoms with Crippen molar-refractivity contribution in [3.8, 4) is 0 Å². The van der Waals surface area contributed by atoms with E-state index < -0.39 is 22.7 Å². The van der Waals surface area contributed by atoms with Crippen LogP contribution in [0.2, 0.25) is 0 Å². The van der Waals surface area contributed by atoms with E-state index in [0.717, 1.165) is 12.1 Å². The predicted molar refractivity (Wildman–Crippen MR) is 61.2 cm³/mol. The van der Waals surface area contributed by atoms with Crippen molar-refractivity contribution in [2.24, 2.45) is 0 Å². The van der Waals surface area contributed by atoms with Gasteiger partial charge in [0.05, 0.1) is 11.0 Å². The van der Waals surface area contributed by atoms with E-state index in [9.17, 15) is 22.8 Å². The number of halogens is 3. The highest BCUT2D eigenvalue weighted by Gasteiger charge is 2.29. The number of fused-ring (bicyclic) bond motifs is 1. The lowest BCUT2D eigenvalue weighted by molar-refractivity contribution is -0.0328. The van der Waals surface area contributed by atoms with Gasteiger partial charge in [0.25, 0.3) is 5.56 Å². The predicted octanol–water partition coefficient (Wildman–Crippen LogP) is 2.23. The fourth-order valence-corrected chi connectivity index (χ4v) is 1.99. The smallest absolute Gasteiger partial charge is 0.446 e. The van der Waals surface area contributed by atoms with Crippen LogP contribution in [0.1, 0.15) is 10.5 Å². The molecule has 0 atom stereocenters. The SMILES string of the molecule is O=C(O)c1nc2ccc(SC(F)(F)F)cc2[nH]c1=O. The highest BCUT2D eigenvalue weighted by Crippen LogP contribution is 2.37. The van der Waals surface area contributed by atoms with Gasteiger partial charge in [-0.05, 0) is 30.0 Å². The lowest BCUT2D eigenvalue weighted by Crippen LogP contribution is -2.19. The second-order valence-corrected chi connectivity index (χ2v) is 4.58. The molecule has 0 fully saturated rings. The Bertz CT molecular complexity index is 711. The average Bonchev–Trinajstić information content (AvgIpc) is 2.25. The molecule has 0 aliphatic rings. The number of benzene rings is 1. The van der Waals surface area contributed by atoms with Crippen LogP contribution in [-0.4, -0.2) is 26.6 Å². The Hall–Kier alpha value is -2.03. The van der Waals surface area contributed by atoms with Gasteiger partial charge in [-0.2, -0.15) is 13.2 Å². The second kappa shape index (κ2) is 4.57. The van der Waals surface area contributed by atoms with E-state index in [4.69, 9.17) is 5.11 Å². The minimum absolute atomic E-state index is 0.0456. The molecular weight excluding hydrogens is 285 g/mol. The van der Waals surface area contributed by atoms with Gasteiger partial charge in [0, 0.05) is 4.90 Å². The molecule has 5 nitrogen and oxygen atoms in total. The molecule has 2 aromatic rings. The van der Waals surface area contributed by atoms with E-state index in [0.29, 0.717) is 0 Å². The quantitative estimate of drug-likeness (QED) is 0.829. The molecule has 0 radical (unpaired) electrons. The summed E-state index contributed by atoms with van der Waals surface area (Å²) in [6.07, 6.45) is 0. The number of nitrogens with one attached hydrogen (secondary N) is 1. The van der Waals surface area contributed by atoms with Crippen molar-refractivity contribution in [3.05, 3.63) is 34.2 Å². The van der Waals surface area contributed by atoms with E-state index in [-0.39, 0.29) is 27.7 Å². The maximum absolute atomic E-state index is 12.2. The largest absolute Gasteiger partial charge is 0.476 e. The van der Waals surface area contributed by atoms with Gasteiger partial charge in [-0.15, -0.1) is 0 Å². The molecule has 0 amide bonds. The summed E-state index contributed by atoms with van der Waals surface area (Å²) >= 11 is -0.334. The minimum Gasteiger partial charge on any atom is -0.476 e. The van der Waals surface area contributed by atoms with Gasteiger partial charge >= 0.3 is 11.5 Å². The molecule has 2 N–H and O–H groups in total. The fraction of sp³-hybridized carbons (Fsp3) is 0.100. The van der Waals surface area contributed by atoms with E-state index >= 15 is 0 Å². The maximum atomic E-state index is 12.2. The number of hydrogen-bond acceptors (Lipinski definition) is 4. The number of hydrogen-bond donors (Lipinski definition) is 2. The van der Waals surface area contributed by atoms with E-state index in [1.165, 1.54) is 6.07 Å². The molecule has 1 aromatic heterocycles. The minimum atomic E-state index is -4.44. The summed E-state index contributed by atoms with van der Waals surface area (Å²) in [4.78, 5) is 27.7. The number of H-pyrrole nitrogens is 1. The van der Waals surface area contributed by atoms with E-state index in [2.05, 4.69) is 9.97 Å². The summed E-state index contributed by atoms with van der Waals surface area (Å²) in [5.74, 6) is -1.50. The van der Waals surface area contributed by atoms with Crippen LogP contribution >= 0.6 is 11.8 Å². The number of aromatic amines is 1. The number of alkyl halides is 3. The van der Waals surface area contributed by atoms with Crippen molar-refractivity contribution in [2.45, 2.75) is 10.4 Å². The van der Waals surface area contributed by atoms with E-state index in [1.54, 1.807) is 0 Å². The number of aromatic nitrogens is 2. The molecule has 1 heterocycles. The van der Waals surface area contributed by atoms with Gasteiger partial charge in [-0.25, -0.2) is 9.78 Å². The van der Waals surface area contributed by atoms with Crippen LogP contribution < -0.4 is 5.56 Å². The van der Waals surface area contributed by atoms with Crippen LogP contribution in [-0.2, 0) is 0 Å². The van der Waals surface area contributed by atoms with Gasteiger partial charge in [-0.1, -0.05) is 0 Å². The Morgan fingerprint density at radius 3 is 2.63 bits per heavy atom. The standard InChI is InChI=1S/C10H5F3N2O3S/c11-10(12,13)19-4-1-2-5-6(3-4)15-8(16)7(14-5)9(17)18/h1-3H,(H,15,16)(H,17,18). The first-order valence-electron chi connectivity index (χ1n) is 4.79. The molecule has 2 rings (SSSR count). The average molecular weight is 290 g/mol. The zero-order valence-corrected chi connectivity index (χ0v) is 9.80. The Balaban J connectivity index is 2.53. The van der Waals surface area contributed by atoms with Crippen LogP contribution in [0, 0.1) is 0 Å². The molecule has 0 spiro atoms. The monoisotopic (exact) mass is 290 g/mol. The topological polar surface area (TPSA) is 83.0 Å². The van der Waals surface area contributed by atoms with Crippen LogP contribution in [0.4, 0.5) is 13.2 Å². The number of thioether (sulfide) groups is 1. The van der Waals surface area contributed by atoms with Crippen molar-refractivity contribution in [2.75, 3.05) is 0 Å². The number of rotatable bonds is 2. The summed E-state index contributed by atoms with van der Waals surface area (Å²) in [5.41, 5.74) is -5.96. The highest BCUT2D eigenvalue weighted by molar-refractivity contribution is 8.00. The number of aromatic carboxylic acids is 1. The Morgan fingerprint density at radius 2 is 2.05 bits per heavy atom. The number of nitrogens with zero attached hydrogens (tertiary/aromatic N) is 1. The van der Waals surface area contributed by atoms with Gasteiger partial charge in [0.15, 0.2) is 0 Å². The lowest BCUT2D eigenvalue weighted by atomic mass is 10.3. The van der Waals surface area contributed by atoms with Gasteiger partial charge in [0.2, 0.25) is 5.69 Å². The summed E-state index contributed by atoms with van der Waals surface area (Å²) in [7, 11) is 0. The second-order valence-electron chi connectivity index (χ2n) is 3.45. The molecule has 1 aromatic carbocycles. The van der Waals surface area contributed by atoms with Crippen molar-refractivity contribution < 1.29 is 23.1 Å². The van der Waals surface area contributed by atoms with Crippen LogP contribution in [0.5, 0.6) is 0 Å². The van der Waals surface area contributed by atoms with Crippen LogP contribution in [0.3, 0.4) is 0 Å². The highest BCUT2D eigenvalue weighted by atomic mass is 32.2. The molecule has 0 bridgehead atoms. The fourth-order valence-electron chi connectivity index (χ4n) is 1.41. The normalized spacial score (nSPS) is 11.7. The van der Waals surface area contributed by atoms with Gasteiger partial charge in [-0.3, -0.25) is 4.79 Å². The third-order valence-corrected chi connectivity index (χ3v) is 2.82. The number of carboxylic acid groups (broad SMARTS) is 1. The summed E-state index contributed by atoms with van der Waals surface area (Å²) < 4.78 is 36.6. The Labute approximate surface area is 107 Å². The first-order chi connectivity index (χ1) is 8.76. The van der Waals surface area contributed by atoms with Gasteiger partial charge in [0.1, 0.15) is 0 Å². The zero-order chi connectivity index (χ0) is 14.2. The lowest BCUT2D eigenvalue weighted by Gasteiger charge is -2.06. The Kier molecular flexibility index (Phi) is 3.23. The molecular formula is C10H5F3N2O3S. The van der Waals surface area contributed by atoms with Crippen LogP contribution in [0.15, 0.2) is 27.9 Å². The van der Waals surface area contributed by atoms with Crippen molar-refractivity contribution >= 4 is 28.8 Å². The molecule has 19 heavy (non-hydrogen) atoms. The summed E-state index contributed by atoms with van der Waals surface area (Å²) in [5, 5.41) is 8.70.